The average Bonchev–Trinajstić information content (AvgIpc) is 3.12. The number of carbonyl (C=O) groups is 2. The lowest BCUT2D eigenvalue weighted by molar-refractivity contribution is -0.124. The summed E-state index contributed by atoms with van der Waals surface area (Å²) in [5.74, 6) is -0.964. The molecule has 2 aromatic carbocycles. The van der Waals surface area contributed by atoms with Crippen LogP contribution < -0.4 is 5.32 Å². The molecule has 6 nitrogen and oxygen atoms in total. The fourth-order valence-corrected chi connectivity index (χ4v) is 3.08. The van der Waals surface area contributed by atoms with E-state index in [2.05, 4.69) is 10.4 Å². The van der Waals surface area contributed by atoms with Crippen molar-refractivity contribution in [1.29, 1.82) is 0 Å². The summed E-state index contributed by atoms with van der Waals surface area (Å²) in [5, 5.41) is 7.55. The highest BCUT2D eigenvalue weighted by Crippen LogP contribution is 2.22. The van der Waals surface area contributed by atoms with Gasteiger partial charge in [-0.2, -0.15) is 5.10 Å². The lowest BCUT2D eigenvalue weighted by Crippen LogP contribution is -2.31. The number of benzene rings is 2. The van der Waals surface area contributed by atoms with Gasteiger partial charge in [-0.1, -0.05) is 29.8 Å². The van der Waals surface area contributed by atoms with Crippen molar-refractivity contribution in [2.24, 2.45) is 0 Å². The van der Waals surface area contributed by atoms with Crippen LogP contribution in [0, 0.1) is 6.92 Å². The molecule has 0 aliphatic heterocycles. The number of aryl methyl sites for hydroxylation is 1. The molecule has 1 heterocycles. The minimum atomic E-state index is -0.565. The van der Waals surface area contributed by atoms with Crippen LogP contribution in [0.15, 0.2) is 60.8 Å². The molecule has 0 saturated heterocycles. The van der Waals surface area contributed by atoms with Crippen molar-refractivity contribution in [3.05, 3.63) is 82.6 Å². The molecule has 7 heteroatoms. The normalized spacial score (nSPS) is 11.7. The van der Waals surface area contributed by atoms with E-state index in [1.54, 1.807) is 41.2 Å². The van der Waals surface area contributed by atoms with Crippen LogP contribution in [0.4, 0.5) is 0 Å². The van der Waals surface area contributed by atoms with E-state index in [0.717, 1.165) is 16.9 Å². The standard InChI is InChI=1S/C21H20ClN3O3/c1-14-11-12-23-25(14)17-9-7-16(8-10-17)21(27)28-13-20(26)24-15(2)18-5-3-4-6-19(18)22/h3-12,15H,13H2,1-2H3,(H,24,26)/t15-/m0/s1. The zero-order chi connectivity index (χ0) is 20.1. The minimum Gasteiger partial charge on any atom is -0.452 e. The van der Waals surface area contributed by atoms with Crippen LogP contribution in [-0.4, -0.2) is 28.3 Å². The minimum absolute atomic E-state index is 0.295. The number of amides is 1. The van der Waals surface area contributed by atoms with Gasteiger partial charge in [-0.3, -0.25) is 4.79 Å². The van der Waals surface area contributed by atoms with E-state index in [1.165, 1.54) is 0 Å². The molecule has 0 unspecified atom stereocenters. The first-order chi connectivity index (χ1) is 13.5. The molecule has 0 spiro atoms. The van der Waals surface area contributed by atoms with E-state index < -0.39 is 11.9 Å². The molecule has 1 amide bonds. The summed E-state index contributed by atoms with van der Waals surface area (Å²) < 4.78 is 6.87. The first kappa shape index (κ1) is 19.6. The lowest BCUT2D eigenvalue weighted by atomic mass is 10.1. The van der Waals surface area contributed by atoms with Gasteiger partial charge in [-0.05, 0) is 55.8 Å². The second kappa shape index (κ2) is 8.71. The van der Waals surface area contributed by atoms with Gasteiger partial charge in [0, 0.05) is 16.9 Å². The molecule has 0 bridgehead atoms. The molecule has 0 saturated carbocycles. The first-order valence-corrected chi connectivity index (χ1v) is 9.15. The Morgan fingerprint density at radius 3 is 2.50 bits per heavy atom. The molecule has 144 valence electrons. The van der Waals surface area contributed by atoms with Gasteiger partial charge < -0.3 is 10.1 Å². The van der Waals surface area contributed by atoms with Crippen LogP contribution in [0.5, 0.6) is 0 Å². The highest BCUT2D eigenvalue weighted by atomic mass is 35.5. The zero-order valence-corrected chi connectivity index (χ0v) is 16.3. The maximum atomic E-state index is 12.2. The number of esters is 1. The van der Waals surface area contributed by atoms with E-state index in [1.807, 2.05) is 38.1 Å². The number of halogens is 1. The van der Waals surface area contributed by atoms with Crippen LogP contribution in [0.25, 0.3) is 5.69 Å². The molecule has 3 aromatic rings. The van der Waals surface area contributed by atoms with Gasteiger partial charge in [0.25, 0.3) is 5.91 Å². The number of hydrogen-bond donors (Lipinski definition) is 1. The number of nitrogens with one attached hydrogen (secondary N) is 1. The van der Waals surface area contributed by atoms with Crippen molar-refractivity contribution in [2.45, 2.75) is 19.9 Å². The fourth-order valence-electron chi connectivity index (χ4n) is 2.78. The number of nitrogens with zero attached hydrogens (tertiary/aromatic N) is 2. The highest BCUT2D eigenvalue weighted by molar-refractivity contribution is 6.31. The number of rotatable bonds is 6. The Kier molecular flexibility index (Phi) is 6.11. The third-order valence-electron chi connectivity index (χ3n) is 4.26. The Labute approximate surface area is 168 Å². The number of carbonyl (C=O) groups excluding carboxylic acids is 2. The van der Waals surface area contributed by atoms with Crippen molar-refractivity contribution in [3.8, 4) is 5.69 Å². The molecular formula is C21H20ClN3O3. The van der Waals surface area contributed by atoms with Crippen LogP contribution in [0.3, 0.4) is 0 Å². The fraction of sp³-hybridized carbons (Fsp3) is 0.190. The molecule has 1 aromatic heterocycles. The SMILES string of the molecule is Cc1ccnn1-c1ccc(C(=O)OCC(=O)N[C@@H](C)c2ccccc2Cl)cc1. The second-order valence-corrected chi connectivity index (χ2v) is 6.73. The molecule has 1 atom stereocenters. The van der Waals surface area contributed by atoms with Gasteiger partial charge in [-0.25, -0.2) is 9.48 Å². The maximum Gasteiger partial charge on any atom is 0.338 e. The second-order valence-electron chi connectivity index (χ2n) is 6.32. The Hall–Kier alpha value is -3.12. The van der Waals surface area contributed by atoms with Crippen molar-refractivity contribution in [1.82, 2.24) is 15.1 Å². The van der Waals surface area contributed by atoms with Crippen LogP contribution in [0.2, 0.25) is 5.02 Å². The Bertz CT molecular complexity index is 983. The van der Waals surface area contributed by atoms with Crippen molar-refractivity contribution < 1.29 is 14.3 Å². The van der Waals surface area contributed by atoms with E-state index in [0.29, 0.717) is 10.6 Å². The Morgan fingerprint density at radius 2 is 1.86 bits per heavy atom. The highest BCUT2D eigenvalue weighted by Gasteiger charge is 2.15. The summed E-state index contributed by atoms with van der Waals surface area (Å²) in [5.41, 5.74) is 2.99. The van der Waals surface area contributed by atoms with Gasteiger partial charge in [-0.15, -0.1) is 0 Å². The molecule has 1 N–H and O–H groups in total. The molecule has 0 aliphatic carbocycles. The number of ether oxygens (including phenoxy) is 1. The third-order valence-corrected chi connectivity index (χ3v) is 4.61. The van der Waals surface area contributed by atoms with Gasteiger partial charge in [0.05, 0.1) is 17.3 Å². The van der Waals surface area contributed by atoms with Gasteiger partial charge in [0.1, 0.15) is 0 Å². The summed E-state index contributed by atoms with van der Waals surface area (Å²) in [4.78, 5) is 24.3. The topological polar surface area (TPSA) is 73.2 Å². The predicted octanol–water partition coefficient (Wildman–Crippen LogP) is 3.87. The number of aromatic nitrogens is 2. The molecule has 0 fully saturated rings. The molecule has 3 rings (SSSR count). The summed E-state index contributed by atoms with van der Waals surface area (Å²) in [6.07, 6.45) is 1.71. The Morgan fingerprint density at radius 1 is 1.14 bits per heavy atom. The van der Waals surface area contributed by atoms with Crippen LogP contribution >= 0.6 is 11.6 Å². The lowest BCUT2D eigenvalue weighted by Gasteiger charge is -2.15. The zero-order valence-electron chi connectivity index (χ0n) is 15.6. The summed E-state index contributed by atoms with van der Waals surface area (Å²) >= 11 is 6.13. The monoisotopic (exact) mass is 397 g/mol. The van der Waals surface area contributed by atoms with Gasteiger partial charge in [0.2, 0.25) is 0 Å². The van der Waals surface area contributed by atoms with Crippen molar-refractivity contribution >= 4 is 23.5 Å². The predicted molar refractivity (Wildman–Crippen MR) is 107 cm³/mol. The smallest absolute Gasteiger partial charge is 0.338 e. The molecular weight excluding hydrogens is 378 g/mol. The van der Waals surface area contributed by atoms with Crippen molar-refractivity contribution in [3.63, 3.8) is 0 Å². The summed E-state index contributed by atoms with van der Waals surface area (Å²) in [7, 11) is 0. The van der Waals surface area contributed by atoms with Gasteiger partial charge in [0.15, 0.2) is 6.61 Å². The van der Waals surface area contributed by atoms with E-state index in [4.69, 9.17) is 16.3 Å². The summed E-state index contributed by atoms with van der Waals surface area (Å²) in [6, 6.07) is 15.7. The summed E-state index contributed by atoms with van der Waals surface area (Å²) in [6.45, 7) is 3.39. The maximum absolute atomic E-state index is 12.2. The third kappa shape index (κ3) is 4.58. The quantitative estimate of drug-likeness (QED) is 0.641. The van der Waals surface area contributed by atoms with Gasteiger partial charge >= 0.3 is 5.97 Å². The Balaban J connectivity index is 1.54. The van der Waals surface area contributed by atoms with E-state index in [9.17, 15) is 9.59 Å². The van der Waals surface area contributed by atoms with E-state index in [-0.39, 0.29) is 12.6 Å². The van der Waals surface area contributed by atoms with Crippen LogP contribution in [0.1, 0.15) is 34.6 Å². The van der Waals surface area contributed by atoms with Crippen LogP contribution in [-0.2, 0) is 9.53 Å². The molecule has 0 radical (unpaired) electrons. The first-order valence-electron chi connectivity index (χ1n) is 8.77. The molecule has 28 heavy (non-hydrogen) atoms. The van der Waals surface area contributed by atoms with E-state index >= 15 is 0 Å². The number of hydrogen-bond acceptors (Lipinski definition) is 4. The van der Waals surface area contributed by atoms with Crippen molar-refractivity contribution in [2.75, 3.05) is 6.61 Å². The largest absolute Gasteiger partial charge is 0.452 e. The molecule has 0 aliphatic rings. The average molecular weight is 398 g/mol.